The second-order valence-electron chi connectivity index (χ2n) is 4.28. The van der Waals surface area contributed by atoms with Gasteiger partial charge in [0.2, 0.25) is 0 Å². The number of hydrogen-bond donors (Lipinski definition) is 2. The lowest BCUT2D eigenvalue weighted by atomic mass is 10.1. The number of ether oxygens (including phenoxy) is 2. The number of fused-ring (bicyclic) bond motifs is 1. The normalized spacial score (nSPS) is 21.6. The van der Waals surface area contributed by atoms with Crippen molar-refractivity contribution in [1.82, 2.24) is 10.6 Å². The summed E-state index contributed by atoms with van der Waals surface area (Å²) in [6.07, 6.45) is 0.836. The first kappa shape index (κ1) is 12.7. The zero-order valence-corrected chi connectivity index (χ0v) is 12.3. The molecule has 5 nitrogen and oxygen atoms in total. The van der Waals surface area contributed by atoms with Gasteiger partial charge in [-0.1, -0.05) is 0 Å². The fraction of sp³-hybridized carbons (Fsp3) is 0.333. The summed E-state index contributed by atoms with van der Waals surface area (Å²) >= 11 is 8.39. The molecule has 1 amide bonds. The van der Waals surface area contributed by atoms with E-state index in [0.717, 1.165) is 16.5 Å². The second kappa shape index (κ2) is 4.97. The smallest absolute Gasteiger partial charge is 0.253 e. The lowest BCUT2D eigenvalue weighted by Crippen LogP contribution is -2.21. The number of benzene rings is 1. The predicted molar refractivity (Wildman–Crippen MR) is 76.4 cm³/mol. The molecule has 1 unspecified atom stereocenters. The third-order valence-corrected chi connectivity index (χ3v) is 3.74. The first-order valence-electron chi connectivity index (χ1n) is 5.85. The molecule has 0 spiro atoms. The molecule has 0 aliphatic carbocycles. The van der Waals surface area contributed by atoms with Gasteiger partial charge in [0.25, 0.3) is 5.91 Å². The highest BCUT2D eigenvalue weighted by atomic mass is 79.9. The number of thiocarbonyl (C=S) groups is 1. The van der Waals surface area contributed by atoms with Gasteiger partial charge in [-0.25, -0.2) is 0 Å². The minimum atomic E-state index is -0.485. The Kier molecular flexibility index (Phi) is 3.32. The van der Waals surface area contributed by atoms with Crippen LogP contribution >= 0.6 is 28.1 Å². The summed E-state index contributed by atoms with van der Waals surface area (Å²) in [5.41, 5.74) is 0.786. The zero-order chi connectivity index (χ0) is 13.4. The molecule has 1 saturated heterocycles. The van der Waals surface area contributed by atoms with Crippen molar-refractivity contribution < 1.29 is 14.3 Å². The van der Waals surface area contributed by atoms with Gasteiger partial charge in [0, 0.05) is 6.42 Å². The van der Waals surface area contributed by atoms with E-state index in [1.54, 1.807) is 0 Å². The van der Waals surface area contributed by atoms with Gasteiger partial charge in [-0.3, -0.25) is 4.79 Å². The number of carbonyl (C=O) groups is 1. The first-order chi connectivity index (χ1) is 9.15. The Hall–Kier alpha value is -1.34. The molecule has 1 aromatic rings. The molecular weight excluding hydrogens is 332 g/mol. The molecule has 1 aromatic carbocycles. The zero-order valence-electron chi connectivity index (χ0n) is 9.86. The van der Waals surface area contributed by atoms with Gasteiger partial charge < -0.3 is 20.1 Å². The maximum Gasteiger partial charge on any atom is 0.253 e. The molecule has 0 radical (unpaired) electrons. The van der Waals surface area contributed by atoms with Crippen LogP contribution in [0.2, 0.25) is 0 Å². The molecule has 19 heavy (non-hydrogen) atoms. The maximum absolute atomic E-state index is 11.8. The number of halogens is 1. The standard InChI is InChI=1S/C12H11BrN2O3S/c13-7-4-6(9-11(16)15-12(19)14-9)5-8-10(7)18-3-1-2-17-8/h4-5,9H,1-3H2,(H2,14,15,16,19). The summed E-state index contributed by atoms with van der Waals surface area (Å²) in [6, 6.07) is 3.18. The van der Waals surface area contributed by atoms with Gasteiger partial charge in [0.1, 0.15) is 6.04 Å². The summed E-state index contributed by atoms with van der Waals surface area (Å²) in [4.78, 5) is 11.8. The van der Waals surface area contributed by atoms with Crippen LogP contribution in [-0.2, 0) is 4.79 Å². The van der Waals surface area contributed by atoms with E-state index < -0.39 is 6.04 Å². The molecule has 0 aromatic heterocycles. The largest absolute Gasteiger partial charge is 0.490 e. The van der Waals surface area contributed by atoms with Crippen LogP contribution in [0.15, 0.2) is 16.6 Å². The predicted octanol–water partition coefficient (Wildman–Crippen LogP) is 1.66. The third-order valence-electron chi connectivity index (χ3n) is 2.93. The number of hydrogen-bond acceptors (Lipinski definition) is 4. The highest BCUT2D eigenvalue weighted by Crippen LogP contribution is 2.39. The Morgan fingerprint density at radius 3 is 2.84 bits per heavy atom. The molecular formula is C12H11BrN2O3S. The van der Waals surface area contributed by atoms with Crippen molar-refractivity contribution in [2.45, 2.75) is 12.5 Å². The highest BCUT2D eigenvalue weighted by molar-refractivity contribution is 9.10. The molecule has 100 valence electrons. The van der Waals surface area contributed by atoms with Gasteiger partial charge in [0.05, 0.1) is 17.7 Å². The quantitative estimate of drug-likeness (QED) is 0.760. The van der Waals surface area contributed by atoms with Crippen LogP contribution < -0.4 is 20.1 Å². The van der Waals surface area contributed by atoms with Crippen molar-refractivity contribution in [1.29, 1.82) is 0 Å². The summed E-state index contributed by atoms with van der Waals surface area (Å²) in [5, 5.41) is 5.84. The summed E-state index contributed by atoms with van der Waals surface area (Å²) in [6.45, 7) is 1.22. The van der Waals surface area contributed by atoms with Crippen LogP contribution in [0, 0.1) is 0 Å². The number of rotatable bonds is 1. The van der Waals surface area contributed by atoms with Crippen molar-refractivity contribution in [3.05, 3.63) is 22.2 Å². The van der Waals surface area contributed by atoms with Gasteiger partial charge in [-0.15, -0.1) is 0 Å². The Morgan fingerprint density at radius 1 is 1.32 bits per heavy atom. The van der Waals surface area contributed by atoms with Crippen LogP contribution in [0.1, 0.15) is 18.0 Å². The van der Waals surface area contributed by atoms with Gasteiger partial charge >= 0.3 is 0 Å². The minimum absolute atomic E-state index is 0.161. The fourth-order valence-corrected chi connectivity index (χ4v) is 2.86. The monoisotopic (exact) mass is 342 g/mol. The van der Waals surface area contributed by atoms with Crippen molar-refractivity contribution in [2.24, 2.45) is 0 Å². The molecule has 2 heterocycles. The number of carbonyl (C=O) groups excluding carboxylic acids is 1. The van der Waals surface area contributed by atoms with E-state index in [4.69, 9.17) is 21.7 Å². The van der Waals surface area contributed by atoms with Crippen LogP contribution in [-0.4, -0.2) is 24.2 Å². The Bertz CT molecular complexity index is 564. The highest BCUT2D eigenvalue weighted by Gasteiger charge is 2.30. The van der Waals surface area contributed by atoms with Crippen molar-refractivity contribution in [3.63, 3.8) is 0 Å². The average molecular weight is 343 g/mol. The molecule has 1 fully saturated rings. The SMILES string of the molecule is O=C1NC(=S)NC1c1cc(Br)c2c(c1)OCCCO2. The summed E-state index contributed by atoms with van der Waals surface area (Å²) in [7, 11) is 0. The van der Waals surface area contributed by atoms with E-state index in [-0.39, 0.29) is 5.91 Å². The first-order valence-corrected chi connectivity index (χ1v) is 7.05. The Morgan fingerprint density at radius 2 is 2.11 bits per heavy atom. The van der Waals surface area contributed by atoms with Crippen LogP contribution in [0.4, 0.5) is 0 Å². The van der Waals surface area contributed by atoms with Gasteiger partial charge in [-0.2, -0.15) is 0 Å². The van der Waals surface area contributed by atoms with E-state index in [0.29, 0.717) is 29.8 Å². The lowest BCUT2D eigenvalue weighted by Gasteiger charge is -2.14. The van der Waals surface area contributed by atoms with E-state index in [1.807, 2.05) is 12.1 Å². The van der Waals surface area contributed by atoms with Crippen LogP contribution in [0.3, 0.4) is 0 Å². The molecule has 2 N–H and O–H groups in total. The van der Waals surface area contributed by atoms with E-state index in [1.165, 1.54) is 0 Å². The van der Waals surface area contributed by atoms with E-state index in [9.17, 15) is 4.79 Å². The molecule has 0 saturated carbocycles. The summed E-state index contributed by atoms with van der Waals surface area (Å²) < 4.78 is 12.0. The number of nitrogens with one attached hydrogen (secondary N) is 2. The molecule has 2 aliphatic heterocycles. The lowest BCUT2D eigenvalue weighted by molar-refractivity contribution is -0.120. The van der Waals surface area contributed by atoms with Gasteiger partial charge in [0.15, 0.2) is 16.6 Å². The fourth-order valence-electron chi connectivity index (χ4n) is 2.07. The maximum atomic E-state index is 11.8. The molecule has 3 rings (SSSR count). The van der Waals surface area contributed by atoms with Crippen LogP contribution in [0.25, 0.3) is 0 Å². The molecule has 7 heteroatoms. The van der Waals surface area contributed by atoms with Crippen molar-refractivity contribution >= 4 is 39.2 Å². The Balaban J connectivity index is 1.99. The van der Waals surface area contributed by atoms with Crippen molar-refractivity contribution in [3.8, 4) is 11.5 Å². The third kappa shape index (κ3) is 2.40. The van der Waals surface area contributed by atoms with Crippen molar-refractivity contribution in [2.75, 3.05) is 13.2 Å². The van der Waals surface area contributed by atoms with Crippen LogP contribution in [0.5, 0.6) is 11.5 Å². The minimum Gasteiger partial charge on any atom is -0.490 e. The second-order valence-corrected chi connectivity index (χ2v) is 5.54. The average Bonchev–Trinajstić information content (AvgIpc) is 2.59. The number of amides is 1. The molecule has 2 aliphatic rings. The summed E-state index contributed by atoms with van der Waals surface area (Å²) in [5.74, 6) is 1.17. The molecule has 0 bridgehead atoms. The van der Waals surface area contributed by atoms with E-state index >= 15 is 0 Å². The van der Waals surface area contributed by atoms with Gasteiger partial charge in [-0.05, 0) is 45.8 Å². The molecule has 1 atom stereocenters. The van der Waals surface area contributed by atoms with E-state index in [2.05, 4.69) is 26.6 Å². The Labute approximate surface area is 123 Å². The topological polar surface area (TPSA) is 59.6 Å².